The molecule has 0 N–H and O–H groups in total. The van der Waals surface area contributed by atoms with Gasteiger partial charge in [0.2, 0.25) is 0 Å². The van der Waals surface area contributed by atoms with Crippen molar-refractivity contribution in [2.45, 2.75) is 19.3 Å². The van der Waals surface area contributed by atoms with Gasteiger partial charge in [0, 0.05) is 15.7 Å². The molecule has 0 aliphatic carbocycles. The minimum atomic E-state index is 0.482. The van der Waals surface area contributed by atoms with Gasteiger partial charge >= 0.3 is 0 Å². The number of ether oxygens (including phenoxy) is 1. The van der Waals surface area contributed by atoms with Gasteiger partial charge in [0.25, 0.3) is 0 Å². The van der Waals surface area contributed by atoms with Gasteiger partial charge < -0.3 is 9.15 Å². The number of hydrogen-bond donors (Lipinski definition) is 0. The lowest BCUT2D eigenvalue weighted by molar-refractivity contribution is 0.415. The van der Waals surface area contributed by atoms with E-state index < -0.39 is 0 Å². The molecular weight excluding hydrogens is 315 g/mol. The molecule has 1 atom stereocenters. The Labute approximate surface area is 109 Å². The molecule has 0 fully saturated rings. The van der Waals surface area contributed by atoms with E-state index in [0.717, 1.165) is 33.3 Å². The van der Waals surface area contributed by atoms with Crippen molar-refractivity contribution in [3.8, 4) is 5.75 Å². The second-order valence-corrected chi connectivity index (χ2v) is 5.01. The Morgan fingerprint density at radius 2 is 2.19 bits per heavy atom. The summed E-state index contributed by atoms with van der Waals surface area (Å²) >= 11 is 2.40. The van der Waals surface area contributed by atoms with Gasteiger partial charge in [0.1, 0.15) is 17.1 Å². The molecule has 1 aromatic carbocycles. The minimum Gasteiger partial charge on any atom is -0.497 e. The van der Waals surface area contributed by atoms with Gasteiger partial charge in [0.15, 0.2) is 0 Å². The molecule has 0 unspecified atom stereocenters. The van der Waals surface area contributed by atoms with Crippen LogP contribution in [-0.2, 0) is 0 Å². The van der Waals surface area contributed by atoms with E-state index in [1.54, 1.807) is 7.11 Å². The molecule has 86 valence electrons. The van der Waals surface area contributed by atoms with E-state index in [9.17, 15) is 0 Å². The van der Waals surface area contributed by atoms with Gasteiger partial charge in [-0.2, -0.15) is 0 Å². The maximum atomic E-state index is 5.82. The first-order valence-corrected chi connectivity index (χ1v) is 6.90. The molecular formula is C13H15IO2. The molecule has 0 aliphatic heterocycles. The number of halogens is 1. The summed E-state index contributed by atoms with van der Waals surface area (Å²) in [6.07, 6.45) is 1.15. The average molecular weight is 330 g/mol. The monoisotopic (exact) mass is 330 g/mol. The molecule has 16 heavy (non-hydrogen) atoms. The van der Waals surface area contributed by atoms with Crippen LogP contribution in [0.3, 0.4) is 0 Å². The minimum absolute atomic E-state index is 0.482. The SMILES string of the molecule is COc1ccc2oc([C@H](C)CCI)cc2c1. The Hall–Kier alpha value is -0.710. The van der Waals surface area contributed by atoms with Crippen molar-refractivity contribution in [3.63, 3.8) is 0 Å². The Morgan fingerprint density at radius 3 is 2.88 bits per heavy atom. The van der Waals surface area contributed by atoms with Crippen LogP contribution in [-0.4, -0.2) is 11.5 Å². The third kappa shape index (κ3) is 2.34. The van der Waals surface area contributed by atoms with E-state index in [1.165, 1.54) is 0 Å². The Morgan fingerprint density at radius 1 is 1.38 bits per heavy atom. The van der Waals surface area contributed by atoms with E-state index in [2.05, 4.69) is 35.6 Å². The van der Waals surface area contributed by atoms with Crippen LogP contribution in [0.4, 0.5) is 0 Å². The number of benzene rings is 1. The number of methoxy groups -OCH3 is 1. The highest BCUT2D eigenvalue weighted by atomic mass is 127. The lowest BCUT2D eigenvalue weighted by Crippen LogP contribution is -1.90. The van der Waals surface area contributed by atoms with Gasteiger partial charge in [-0.25, -0.2) is 0 Å². The average Bonchev–Trinajstić information content (AvgIpc) is 2.71. The fourth-order valence-electron chi connectivity index (χ4n) is 1.72. The van der Waals surface area contributed by atoms with Gasteiger partial charge in [-0.05, 0) is 30.7 Å². The summed E-state index contributed by atoms with van der Waals surface area (Å²) < 4.78 is 12.2. The summed E-state index contributed by atoms with van der Waals surface area (Å²) in [7, 11) is 1.68. The molecule has 0 amide bonds. The molecule has 2 aromatic rings. The van der Waals surface area contributed by atoms with Gasteiger partial charge in [-0.15, -0.1) is 0 Å². The molecule has 1 heterocycles. The van der Waals surface area contributed by atoms with Crippen LogP contribution in [0.5, 0.6) is 5.75 Å². The second-order valence-electron chi connectivity index (χ2n) is 3.93. The molecule has 0 bridgehead atoms. The first-order chi connectivity index (χ1) is 7.74. The Balaban J connectivity index is 2.35. The normalized spacial score (nSPS) is 12.9. The second kappa shape index (κ2) is 5.08. The van der Waals surface area contributed by atoms with E-state index in [1.807, 2.05) is 18.2 Å². The van der Waals surface area contributed by atoms with Crippen molar-refractivity contribution < 1.29 is 9.15 Å². The van der Waals surface area contributed by atoms with Crippen LogP contribution in [0.25, 0.3) is 11.0 Å². The number of hydrogen-bond acceptors (Lipinski definition) is 2. The highest BCUT2D eigenvalue weighted by molar-refractivity contribution is 14.1. The van der Waals surface area contributed by atoms with Gasteiger partial charge in [-0.1, -0.05) is 29.5 Å². The summed E-state index contributed by atoms with van der Waals surface area (Å²) in [6, 6.07) is 8.03. The summed E-state index contributed by atoms with van der Waals surface area (Å²) in [5.74, 6) is 2.43. The molecule has 0 saturated heterocycles. The first kappa shape index (κ1) is 11.8. The van der Waals surface area contributed by atoms with Crippen molar-refractivity contribution in [2.75, 3.05) is 11.5 Å². The largest absolute Gasteiger partial charge is 0.497 e. The van der Waals surface area contributed by atoms with E-state index in [-0.39, 0.29) is 0 Å². The van der Waals surface area contributed by atoms with Gasteiger partial charge in [-0.3, -0.25) is 0 Å². The van der Waals surface area contributed by atoms with Crippen molar-refractivity contribution in [1.29, 1.82) is 0 Å². The molecule has 1 aromatic heterocycles. The quantitative estimate of drug-likeness (QED) is 0.614. The van der Waals surface area contributed by atoms with Gasteiger partial charge in [0.05, 0.1) is 7.11 Å². The molecule has 0 aliphatic rings. The molecule has 0 spiro atoms. The number of fused-ring (bicyclic) bond motifs is 1. The molecule has 0 saturated carbocycles. The standard InChI is InChI=1S/C13H15IO2/c1-9(5-6-14)13-8-10-7-11(15-2)3-4-12(10)16-13/h3-4,7-9H,5-6H2,1-2H3/t9-/m1/s1. The van der Waals surface area contributed by atoms with Crippen LogP contribution in [0, 0.1) is 0 Å². The van der Waals surface area contributed by atoms with Crippen molar-refractivity contribution >= 4 is 33.6 Å². The topological polar surface area (TPSA) is 22.4 Å². The zero-order chi connectivity index (χ0) is 11.5. The number of rotatable bonds is 4. The van der Waals surface area contributed by atoms with E-state index in [0.29, 0.717) is 5.92 Å². The van der Waals surface area contributed by atoms with Crippen LogP contribution < -0.4 is 4.74 Å². The van der Waals surface area contributed by atoms with Crippen LogP contribution >= 0.6 is 22.6 Å². The molecule has 3 heteroatoms. The molecule has 2 rings (SSSR count). The Kier molecular flexibility index (Phi) is 3.74. The zero-order valence-corrected chi connectivity index (χ0v) is 11.7. The van der Waals surface area contributed by atoms with Crippen molar-refractivity contribution in [3.05, 3.63) is 30.0 Å². The Bertz CT molecular complexity index is 476. The van der Waals surface area contributed by atoms with E-state index >= 15 is 0 Å². The summed E-state index contributed by atoms with van der Waals surface area (Å²) in [6.45, 7) is 2.20. The molecule has 2 nitrogen and oxygen atoms in total. The van der Waals surface area contributed by atoms with E-state index in [4.69, 9.17) is 9.15 Å². The number of furan rings is 1. The van der Waals surface area contributed by atoms with Crippen LogP contribution in [0.2, 0.25) is 0 Å². The smallest absolute Gasteiger partial charge is 0.134 e. The maximum Gasteiger partial charge on any atom is 0.134 e. The third-order valence-electron chi connectivity index (χ3n) is 2.77. The summed E-state index contributed by atoms with van der Waals surface area (Å²) in [5, 5.41) is 1.12. The highest BCUT2D eigenvalue weighted by Crippen LogP contribution is 2.29. The summed E-state index contributed by atoms with van der Waals surface area (Å²) in [4.78, 5) is 0. The predicted octanol–water partition coefficient (Wildman–Crippen LogP) is 4.37. The van der Waals surface area contributed by atoms with Crippen LogP contribution in [0.15, 0.2) is 28.7 Å². The lowest BCUT2D eigenvalue weighted by Gasteiger charge is -2.03. The number of alkyl halides is 1. The third-order valence-corrected chi connectivity index (χ3v) is 3.39. The zero-order valence-electron chi connectivity index (χ0n) is 9.50. The maximum absolute atomic E-state index is 5.82. The summed E-state index contributed by atoms with van der Waals surface area (Å²) in [5.41, 5.74) is 0.941. The first-order valence-electron chi connectivity index (χ1n) is 5.38. The fourth-order valence-corrected chi connectivity index (χ4v) is 2.65. The van der Waals surface area contributed by atoms with Crippen LogP contribution in [0.1, 0.15) is 25.0 Å². The van der Waals surface area contributed by atoms with Crippen molar-refractivity contribution in [1.82, 2.24) is 0 Å². The molecule has 0 radical (unpaired) electrons. The van der Waals surface area contributed by atoms with Crippen molar-refractivity contribution in [2.24, 2.45) is 0 Å². The lowest BCUT2D eigenvalue weighted by atomic mass is 10.1. The highest BCUT2D eigenvalue weighted by Gasteiger charge is 2.11. The fraction of sp³-hybridized carbons (Fsp3) is 0.385. The predicted molar refractivity (Wildman–Crippen MR) is 74.7 cm³/mol.